The Hall–Kier alpha value is -2.04. The highest BCUT2D eigenvalue weighted by Crippen LogP contribution is 2.66. The van der Waals surface area contributed by atoms with Gasteiger partial charge in [-0.3, -0.25) is 4.79 Å². The second kappa shape index (κ2) is 6.22. The first-order valence-electron chi connectivity index (χ1n) is 8.15. The van der Waals surface area contributed by atoms with Crippen LogP contribution in [0, 0.1) is 17.3 Å². The number of methoxy groups -OCH3 is 2. The molecular formula is C18H24N2O3. The number of rotatable bonds is 5. The van der Waals surface area contributed by atoms with Crippen molar-refractivity contribution in [2.45, 2.75) is 32.6 Å². The molecule has 0 saturated heterocycles. The number of hydrazone groups is 1. The average molecular weight is 316 g/mol. The number of hydrogen-bond donors (Lipinski definition) is 1. The van der Waals surface area contributed by atoms with E-state index < -0.39 is 0 Å². The van der Waals surface area contributed by atoms with Gasteiger partial charge in [0.1, 0.15) is 11.5 Å². The van der Waals surface area contributed by atoms with Crippen LogP contribution in [0.1, 0.15) is 38.2 Å². The van der Waals surface area contributed by atoms with Gasteiger partial charge in [-0.25, -0.2) is 5.43 Å². The number of carbonyl (C=O) groups is 1. The van der Waals surface area contributed by atoms with Crippen LogP contribution < -0.4 is 14.9 Å². The molecule has 2 aliphatic carbocycles. The van der Waals surface area contributed by atoms with Crippen molar-refractivity contribution in [2.24, 2.45) is 22.4 Å². The fourth-order valence-electron chi connectivity index (χ4n) is 4.03. The molecule has 0 unspecified atom stereocenters. The Balaban J connectivity index is 1.64. The van der Waals surface area contributed by atoms with E-state index in [4.69, 9.17) is 9.47 Å². The second-order valence-electron chi connectivity index (χ2n) is 6.68. The molecule has 5 heteroatoms. The lowest BCUT2D eigenvalue weighted by atomic mass is 9.90. The standard InChI is InChI=1S/C18H24N2O3/c1-18-9-5-4-6-14(18)16(18)17(21)20-19-11-12-10-13(22-2)7-8-15(12)23-3/h7-8,10-11,14,16H,4-6,9H2,1-3H3,(H,20,21)/b19-11+/t14-,16-,18+/m1/s1. The summed E-state index contributed by atoms with van der Waals surface area (Å²) in [5.41, 5.74) is 3.67. The Morgan fingerprint density at radius 1 is 1.35 bits per heavy atom. The van der Waals surface area contributed by atoms with E-state index in [0.29, 0.717) is 11.7 Å². The lowest BCUT2D eigenvalue weighted by molar-refractivity contribution is -0.123. The highest BCUT2D eigenvalue weighted by molar-refractivity contribution is 5.87. The molecule has 0 aliphatic heterocycles. The molecular weight excluding hydrogens is 292 g/mol. The van der Waals surface area contributed by atoms with Crippen molar-refractivity contribution in [3.05, 3.63) is 23.8 Å². The summed E-state index contributed by atoms with van der Waals surface area (Å²) in [6, 6.07) is 5.47. The molecule has 0 radical (unpaired) electrons. The lowest BCUT2D eigenvalue weighted by Crippen LogP contribution is -2.22. The van der Waals surface area contributed by atoms with Crippen LogP contribution in [0.2, 0.25) is 0 Å². The molecule has 1 amide bonds. The van der Waals surface area contributed by atoms with Crippen LogP contribution in [-0.2, 0) is 4.79 Å². The van der Waals surface area contributed by atoms with Crippen molar-refractivity contribution in [2.75, 3.05) is 14.2 Å². The van der Waals surface area contributed by atoms with E-state index in [1.54, 1.807) is 20.4 Å². The number of fused-ring (bicyclic) bond motifs is 1. The van der Waals surface area contributed by atoms with Gasteiger partial charge in [-0.15, -0.1) is 0 Å². The third-order valence-corrected chi connectivity index (χ3v) is 5.43. The molecule has 2 aliphatic rings. The molecule has 124 valence electrons. The normalized spacial score (nSPS) is 29.0. The first-order chi connectivity index (χ1) is 11.1. The van der Waals surface area contributed by atoms with E-state index in [0.717, 1.165) is 17.7 Å². The van der Waals surface area contributed by atoms with Crippen LogP contribution in [0.15, 0.2) is 23.3 Å². The SMILES string of the molecule is COc1ccc(OC)c(/C=N/NC(=O)[C@H]2[C@H]3CCCC[C@@]32C)c1. The number of benzene rings is 1. The van der Waals surface area contributed by atoms with Gasteiger partial charge in [0.05, 0.1) is 20.4 Å². The monoisotopic (exact) mass is 316 g/mol. The summed E-state index contributed by atoms with van der Waals surface area (Å²) >= 11 is 0. The van der Waals surface area contributed by atoms with Crippen molar-refractivity contribution in [3.8, 4) is 11.5 Å². The second-order valence-corrected chi connectivity index (χ2v) is 6.68. The van der Waals surface area contributed by atoms with Gasteiger partial charge in [0.2, 0.25) is 5.91 Å². The van der Waals surface area contributed by atoms with E-state index in [9.17, 15) is 4.79 Å². The minimum atomic E-state index is 0.0394. The fraction of sp³-hybridized carbons (Fsp3) is 0.556. The third kappa shape index (κ3) is 2.92. The van der Waals surface area contributed by atoms with E-state index in [-0.39, 0.29) is 17.2 Å². The molecule has 1 aromatic rings. The smallest absolute Gasteiger partial charge is 0.244 e. The highest BCUT2D eigenvalue weighted by atomic mass is 16.5. The molecule has 5 nitrogen and oxygen atoms in total. The topological polar surface area (TPSA) is 59.9 Å². The maximum absolute atomic E-state index is 12.4. The average Bonchev–Trinajstić information content (AvgIpc) is 3.20. The van der Waals surface area contributed by atoms with E-state index in [1.807, 2.05) is 18.2 Å². The molecule has 1 N–H and O–H groups in total. The first-order valence-corrected chi connectivity index (χ1v) is 8.15. The van der Waals surface area contributed by atoms with Crippen molar-refractivity contribution < 1.29 is 14.3 Å². The Morgan fingerprint density at radius 3 is 2.83 bits per heavy atom. The summed E-state index contributed by atoms with van der Waals surface area (Å²) < 4.78 is 10.5. The van der Waals surface area contributed by atoms with Gasteiger partial charge in [0, 0.05) is 11.5 Å². The zero-order chi connectivity index (χ0) is 16.4. The summed E-state index contributed by atoms with van der Waals surface area (Å²) in [5.74, 6) is 2.11. The zero-order valence-electron chi connectivity index (χ0n) is 14.0. The molecule has 3 atom stereocenters. The predicted octanol–water partition coefficient (Wildman–Crippen LogP) is 2.98. The number of amides is 1. The Kier molecular flexibility index (Phi) is 4.28. The van der Waals surface area contributed by atoms with Gasteiger partial charge in [0.15, 0.2) is 0 Å². The maximum atomic E-state index is 12.4. The number of hydrogen-bond acceptors (Lipinski definition) is 4. The molecule has 0 spiro atoms. The van der Waals surface area contributed by atoms with Gasteiger partial charge in [-0.1, -0.05) is 19.8 Å². The van der Waals surface area contributed by atoms with E-state index in [2.05, 4.69) is 17.5 Å². The highest BCUT2D eigenvalue weighted by Gasteiger charge is 2.64. The molecule has 23 heavy (non-hydrogen) atoms. The lowest BCUT2D eigenvalue weighted by Gasteiger charge is -2.15. The molecule has 1 aromatic carbocycles. The van der Waals surface area contributed by atoms with Crippen LogP contribution in [0.25, 0.3) is 0 Å². The van der Waals surface area contributed by atoms with Crippen LogP contribution in [-0.4, -0.2) is 26.3 Å². The molecule has 0 bridgehead atoms. The van der Waals surface area contributed by atoms with Gasteiger partial charge < -0.3 is 9.47 Å². The minimum absolute atomic E-state index is 0.0394. The molecule has 3 rings (SSSR count). The maximum Gasteiger partial charge on any atom is 0.244 e. The Morgan fingerprint density at radius 2 is 2.17 bits per heavy atom. The first kappa shape index (κ1) is 15.8. The summed E-state index contributed by atoms with van der Waals surface area (Å²) in [7, 11) is 3.22. The number of nitrogens with one attached hydrogen (secondary N) is 1. The Bertz CT molecular complexity index is 629. The molecule has 0 aromatic heterocycles. The largest absolute Gasteiger partial charge is 0.497 e. The number of nitrogens with zero attached hydrogens (tertiary/aromatic N) is 1. The summed E-state index contributed by atoms with van der Waals surface area (Å²) in [4.78, 5) is 12.4. The van der Waals surface area contributed by atoms with Gasteiger partial charge in [0.25, 0.3) is 0 Å². The van der Waals surface area contributed by atoms with Crippen LogP contribution in [0.5, 0.6) is 11.5 Å². The van der Waals surface area contributed by atoms with Crippen LogP contribution in [0.3, 0.4) is 0 Å². The van der Waals surface area contributed by atoms with Crippen molar-refractivity contribution >= 4 is 12.1 Å². The Labute approximate surface area is 137 Å². The van der Waals surface area contributed by atoms with Gasteiger partial charge in [-0.05, 0) is 42.4 Å². The summed E-state index contributed by atoms with van der Waals surface area (Å²) in [6.07, 6.45) is 6.41. The van der Waals surface area contributed by atoms with Crippen molar-refractivity contribution in [3.63, 3.8) is 0 Å². The van der Waals surface area contributed by atoms with Gasteiger partial charge >= 0.3 is 0 Å². The van der Waals surface area contributed by atoms with E-state index in [1.165, 1.54) is 19.3 Å². The summed E-state index contributed by atoms with van der Waals surface area (Å²) in [6.45, 7) is 2.23. The minimum Gasteiger partial charge on any atom is -0.497 e. The number of carbonyl (C=O) groups excluding carboxylic acids is 1. The molecule has 0 heterocycles. The third-order valence-electron chi connectivity index (χ3n) is 5.43. The number of ether oxygens (including phenoxy) is 2. The molecule has 2 saturated carbocycles. The van der Waals surface area contributed by atoms with E-state index >= 15 is 0 Å². The summed E-state index contributed by atoms with van der Waals surface area (Å²) in [5, 5.41) is 4.12. The quantitative estimate of drug-likeness (QED) is 0.671. The zero-order valence-corrected chi connectivity index (χ0v) is 14.0. The predicted molar refractivity (Wildman–Crippen MR) is 88.8 cm³/mol. The fourth-order valence-corrected chi connectivity index (χ4v) is 4.03. The molecule has 2 fully saturated rings. The van der Waals surface area contributed by atoms with Crippen LogP contribution in [0.4, 0.5) is 0 Å². The van der Waals surface area contributed by atoms with Crippen molar-refractivity contribution in [1.29, 1.82) is 0 Å². The van der Waals surface area contributed by atoms with Crippen LogP contribution >= 0.6 is 0 Å². The van der Waals surface area contributed by atoms with Crippen molar-refractivity contribution in [1.82, 2.24) is 5.43 Å². The van der Waals surface area contributed by atoms with Gasteiger partial charge in [-0.2, -0.15) is 5.10 Å².